The predicted octanol–water partition coefficient (Wildman–Crippen LogP) is 3.83. The lowest BCUT2D eigenvalue weighted by molar-refractivity contribution is -0.385. The molecular weight excluding hydrogens is 336 g/mol. The molecule has 0 aliphatic heterocycles. The molecule has 0 heterocycles. The highest BCUT2D eigenvalue weighted by Gasteiger charge is 2.19. The quantitative estimate of drug-likeness (QED) is 0.653. The molecule has 0 aromatic heterocycles. The topological polar surface area (TPSA) is 90.7 Å². The highest BCUT2D eigenvalue weighted by Crippen LogP contribution is 2.32. The minimum atomic E-state index is -0.608. The minimum Gasteiger partial charge on any atom is -0.495 e. The standard InChI is InChI=1S/C16H15ClN2O5/c1-9-6-12(15(24-3)8-11(9)17)18-16(20)10-4-5-14(23-2)13(7-10)19(21)22/h4-8H,1-3H3,(H,18,20). The molecule has 126 valence electrons. The first-order valence-corrected chi connectivity index (χ1v) is 7.23. The summed E-state index contributed by atoms with van der Waals surface area (Å²) in [5.41, 5.74) is 1.01. The summed E-state index contributed by atoms with van der Waals surface area (Å²) in [5, 5.41) is 14.2. The zero-order valence-electron chi connectivity index (χ0n) is 13.3. The maximum Gasteiger partial charge on any atom is 0.311 e. The second-order valence-corrected chi connectivity index (χ2v) is 5.31. The van der Waals surface area contributed by atoms with Crippen molar-refractivity contribution in [3.8, 4) is 11.5 Å². The lowest BCUT2D eigenvalue weighted by atomic mass is 10.1. The van der Waals surface area contributed by atoms with Gasteiger partial charge in [0, 0.05) is 22.7 Å². The Morgan fingerprint density at radius 1 is 1.17 bits per heavy atom. The van der Waals surface area contributed by atoms with Crippen molar-refractivity contribution in [2.45, 2.75) is 6.92 Å². The number of aryl methyl sites for hydroxylation is 1. The molecule has 2 aromatic carbocycles. The molecule has 0 aliphatic carbocycles. The zero-order chi connectivity index (χ0) is 17.9. The fourth-order valence-electron chi connectivity index (χ4n) is 2.10. The van der Waals surface area contributed by atoms with Gasteiger partial charge in [0.05, 0.1) is 24.8 Å². The largest absolute Gasteiger partial charge is 0.495 e. The third-order valence-corrected chi connectivity index (χ3v) is 3.77. The van der Waals surface area contributed by atoms with E-state index in [9.17, 15) is 14.9 Å². The molecule has 7 nitrogen and oxygen atoms in total. The molecule has 2 aromatic rings. The summed E-state index contributed by atoms with van der Waals surface area (Å²) in [5.74, 6) is -0.0424. The molecule has 0 unspecified atom stereocenters. The average molecular weight is 351 g/mol. The number of benzene rings is 2. The van der Waals surface area contributed by atoms with Crippen LogP contribution in [-0.2, 0) is 0 Å². The number of carbonyl (C=O) groups excluding carboxylic acids is 1. The van der Waals surface area contributed by atoms with Gasteiger partial charge in [-0.25, -0.2) is 0 Å². The van der Waals surface area contributed by atoms with Crippen molar-refractivity contribution in [2.75, 3.05) is 19.5 Å². The van der Waals surface area contributed by atoms with Crippen LogP contribution in [0.25, 0.3) is 0 Å². The van der Waals surface area contributed by atoms with E-state index in [0.717, 1.165) is 11.6 Å². The lowest BCUT2D eigenvalue weighted by Gasteiger charge is -2.12. The van der Waals surface area contributed by atoms with Crippen molar-refractivity contribution in [3.63, 3.8) is 0 Å². The summed E-state index contributed by atoms with van der Waals surface area (Å²) in [6, 6.07) is 7.22. The number of hydrogen-bond acceptors (Lipinski definition) is 5. The zero-order valence-corrected chi connectivity index (χ0v) is 14.0. The third kappa shape index (κ3) is 3.57. The van der Waals surface area contributed by atoms with Gasteiger partial charge in [-0.2, -0.15) is 0 Å². The summed E-state index contributed by atoms with van der Waals surface area (Å²) in [4.78, 5) is 22.8. The number of anilines is 1. The SMILES string of the molecule is COc1cc(Cl)c(C)cc1NC(=O)c1ccc(OC)c([N+](=O)[O-])c1. The van der Waals surface area contributed by atoms with Gasteiger partial charge < -0.3 is 14.8 Å². The number of methoxy groups -OCH3 is 2. The highest BCUT2D eigenvalue weighted by molar-refractivity contribution is 6.31. The molecule has 1 amide bonds. The summed E-state index contributed by atoms with van der Waals surface area (Å²) in [6.07, 6.45) is 0. The molecule has 0 radical (unpaired) electrons. The summed E-state index contributed by atoms with van der Waals surface area (Å²) < 4.78 is 10.1. The van der Waals surface area contributed by atoms with E-state index in [2.05, 4.69) is 5.32 Å². The van der Waals surface area contributed by atoms with E-state index in [1.807, 2.05) is 0 Å². The van der Waals surface area contributed by atoms with Gasteiger partial charge in [-0.3, -0.25) is 14.9 Å². The fraction of sp³-hybridized carbons (Fsp3) is 0.188. The molecule has 0 bridgehead atoms. The van der Waals surface area contributed by atoms with Crippen LogP contribution in [0.2, 0.25) is 5.02 Å². The van der Waals surface area contributed by atoms with Gasteiger partial charge >= 0.3 is 5.69 Å². The van der Waals surface area contributed by atoms with Gasteiger partial charge in [-0.1, -0.05) is 11.6 Å². The van der Waals surface area contributed by atoms with Gasteiger partial charge in [-0.05, 0) is 30.7 Å². The average Bonchev–Trinajstić information content (AvgIpc) is 2.57. The van der Waals surface area contributed by atoms with Crippen molar-refractivity contribution >= 4 is 28.9 Å². The van der Waals surface area contributed by atoms with Crippen molar-refractivity contribution < 1.29 is 19.2 Å². The smallest absolute Gasteiger partial charge is 0.311 e. The Balaban J connectivity index is 2.35. The van der Waals surface area contributed by atoms with E-state index >= 15 is 0 Å². The Morgan fingerprint density at radius 2 is 1.83 bits per heavy atom. The van der Waals surface area contributed by atoms with Crippen LogP contribution >= 0.6 is 11.6 Å². The van der Waals surface area contributed by atoms with E-state index in [0.29, 0.717) is 16.5 Å². The highest BCUT2D eigenvalue weighted by atomic mass is 35.5. The molecule has 0 atom stereocenters. The van der Waals surface area contributed by atoms with Crippen molar-refractivity contribution in [3.05, 3.63) is 56.6 Å². The molecule has 0 saturated heterocycles. The molecule has 0 spiro atoms. The van der Waals surface area contributed by atoms with Crippen molar-refractivity contribution in [1.29, 1.82) is 0 Å². The van der Waals surface area contributed by atoms with E-state index < -0.39 is 10.8 Å². The Kier molecular flexibility index (Phi) is 5.25. The maximum atomic E-state index is 12.4. The molecule has 0 aliphatic rings. The Bertz CT molecular complexity index is 807. The normalized spacial score (nSPS) is 10.2. The minimum absolute atomic E-state index is 0.0801. The van der Waals surface area contributed by atoms with Crippen molar-refractivity contribution in [1.82, 2.24) is 0 Å². The first-order valence-electron chi connectivity index (χ1n) is 6.85. The predicted molar refractivity (Wildman–Crippen MR) is 90.3 cm³/mol. The number of ether oxygens (including phenoxy) is 2. The molecule has 2 rings (SSSR count). The Morgan fingerprint density at radius 3 is 2.42 bits per heavy atom. The van der Waals surface area contributed by atoms with Crippen LogP contribution in [-0.4, -0.2) is 25.1 Å². The first kappa shape index (κ1) is 17.6. The van der Waals surface area contributed by atoms with Gasteiger partial charge in [0.1, 0.15) is 5.75 Å². The molecule has 24 heavy (non-hydrogen) atoms. The number of nitrogens with zero attached hydrogens (tertiary/aromatic N) is 1. The molecule has 8 heteroatoms. The van der Waals surface area contributed by atoms with Gasteiger partial charge in [0.15, 0.2) is 5.75 Å². The second kappa shape index (κ2) is 7.18. The molecule has 1 N–H and O–H groups in total. The fourth-order valence-corrected chi connectivity index (χ4v) is 2.25. The Hall–Kier alpha value is -2.80. The van der Waals surface area contributed by atoms with Crippen LogP contribution in [0.1, 0.15) is 15.9 Å². The van der Waals surface area contributed by atoms with Gasteiger partial charge in [0.25, 0.3) is 5.91 Å². The van der Waals surface area contributed by atoms with E-state index in [4.69, 9.17) is 21.1 Å². The lowest BCUT2D eigenvalue weighted by Crippen LogP contribution is -2.13. The van der Waals surface area contributed by atoms with Crippen LogP contribution in [0.5, 0.6) is 11.5 Å². The number of rotatable bonds is 5. The number of hydrogen-bond donors (Lipinski definition) is 1. The number of carbonyl (C=O) groups is 1. The van der Waals surface area contributed by atoms with E-state index in [1.165, 1.54) is 26.4 Å². The van der Waals surface area contributed by atoms with Crippen LogP contribution in [0.3, 0.4) is 0 Å². The number of nitro benzene ring substituents is 1. The van der Waals surface area contributed by atoms with Crippen molar-refractivity contribution in [2.24, 2.45) is 0 Å². The van der Waals surface area contributed by atoms with Crippen LogP contribution in [0.15, 0.2) is 30.3 Å². The Labute approximate surface area is 143 Å². The monoisotopic (exact) mass is 350 g/mol. The number of halogens is 1. The first-order chi connectivity index (χ1) is 11.4. The second-order valence-electron chi connectivity index (χ2n) is 4.90. The number of nitrogens with one attached hydrogen (secondary N) is 1. The summed E-state index contributed by atoms with van der Waals surface area (Å²) in [7, 11) is 2.78. The van der Waals surface area contributed by atoms with Crippen LogP contribution in [0.4, 0.5) is 11.4 Å². The van der Waals surface area contributed by atoms with E-state index in [1.54, 1.807) is 19.1 Å². The van der Waals surface area contributed by atoms with E-state index in [-0.39, 0.29) is 17.0 Å². The maximum absolute atomic E-state index is 12.4. The molecular formula is C16H15ClN2O5. The van der Waals surface area contributed by atoms with Gasteiger partial charge in [-0.15, -0.1) is 0 Å². The van der Waals surface area contributed by atoms with Gasteiger partial charge in [0.2, 0.25) is 0 Å². The number of nitro groups is 1. The van der Waals surface area contributed by atoms with Crippen LogP contribution in [0, 0.1) is 17.0 Å². The third-order valence-electron chi connectivity index (χ3n) is 3.37. The van der Waals surface area contributed by atoms with Crippen LogP contribution < -0.4 is 14.8 Å². The summed E-state index contributed by atoms with van der Waals surface area (Å²) in [6.45, 7) is 1.79. The molecule has 0 fully saturated rings. The number of amides is 1. The molecule has 0 saturated carbocycles. The summed E-state index contributed by atoms with van der Waals surface area (Å²) >= 11 is 6.03.